The first-order chi connectivity index (χ1) is 9.70. The van der Waals surface area contributed by atoms with E-state index in [9.17, 15) is 0 Å². The molecule has 0 atom stereocenters. The third-order valence-corrected chi connectivity index (χ3v) is 3.02. The standard InChI is InChI=1S/C15H21N3O2/c1-12(2)16-11-17-14-5-4-13(19-3)10-15(14)18-6-8-20-9-7-18/h4-5,10,12H,6-9H2,1-3H3. The molecule has 1 saturated heterocycles. The summed E-state index contributed by atoms with van der Waals surface area (Å²) in [7, 11) is 1.67. The highest BCUT2D eigenvalue weighted by atomic mass is 16.5. The Morgan fingerprint density at radius 1 is 1.30 bits per heavy atom. The van der Waals surface area contributed by atoms with Gasteiger partial charge in [0.1, 0.15) is 5.75 Å². The molecule has 5 heteroatoms. The zero-order chi connectivity index (χ0) is 14.4. The minimum Gasteiger partial charge on any atom is -0.497 e. The highest BCUT2D eigenvalue weighted by molar-refractivity contribution is 5.72. The molecule has 0 N–H and O–H groups in total. The summed E-state index contributed by atoms with van der Waals surface area (Å²) in [5.41, 5.74) is 1.90. The van der Waals surface area contributed by atoms with Gasteiger partial charge in [0.2, 0.25) is 0 Å². The van der Waals surface area contributed by atoms with Gasteiger partial charge in [-0.2, -0.15) is 4.99 Å². The van der Waals surface area contributed by atoms with E-state index in [4.69, 9.17) is 9.47 Å². The third-order valence-electron chi connectivity index (χ3n) is 3.02. The second kappa shape index (κ2) is 7.08. The van der Waals surface area contributed by atoms with Crippen LogP contribution in [0.2, 0.25) is 0 Å². The van der Waals surface area contributed by atoms with Crippen LogP contribution >= 0.6 is 0 Å². The Kier molecular flexibility index (Phi) is 5.16. The smallest absolute Gasteiger partial charge is 0.121 e. The van der Waals surface area contributed by atoms with Crippen LogP contribution in [0.4, 0.5) is 11.4 Å². The molecule has 1 aromatic rings. The van der Waals surface area contributed by atoms with Crippen LogP contribution in [-0.2, 0) is 4.74 Å². The number of morpholine rings is 1. The third kappa shape index (κ3) is 3.83. The Balaban J connectivity index is 2.32. The van der Waals surface area contributed by atoms with Crippen LogP contribution in [0.5, 0.6) is 5.75 Å². The summed E-state index contributed by atoms with van der Waals surface area (Å²) >= 11 is 0. The molecule has 1 aromatic carbocycles. The average molecular weight is 275 g/mol. The maximum Gasteiger partial charge on any atom is 0.121 e. The molecule has 2 rings (SSSR count). The molecule has 1 heterocycles. The fraction of sp³-hybridized carbons (Fsp3) is 0.533. The van der Waals surface area contributed by atoms with Crippen LogP contribution < -0.4 is 9.64 Å². The van der Waals surface area contributed by atoms with Gasteiger partial charge in [0.25, 0.3) is 0 Å². The predicted molar refractivity (Wildman–Crippen MR) is 80.7 cm³/mol. The second-order valence-corrected chi connectivity index (χ2v) is 4.89. The van der Waals surface area contributed by atoms with Crippen molar-refractivity contribution in [2.45, 2.75) is 19.9 Å². The summed E-state index contributed by atoms with van der Waals surface area (Å²) in [6.07, 6.45) is 0. The molecule has 0 amide bonds. The van der Waals surface area contributed by atoms with E-state index < -0.39 is 0 Å². The van der Waals surface area contributed by atoms with Crippen LogP contribution in [0, 0.1) is 0 Å². The quantitative estimate of drug-likeness (QED) is 0.794. The van der Waals surface area contributed by atoms with Gasteiger partial charge in [0.05, 0.1) is 43.7 Å². The first kappa shape index (κ1) is 14.6. The van der Waals surface area contributed by atoms with Crippen molar-refractivity contribution < 1.29 is 9.47 Å². The molecule has 1 aliphatic heterocycles. The van der Waals surface area contributed by atoms with Crippen molar-refractivity contribution in [1.82, 2.24) is 0 Å². The van der Waals surface area contributed by atoms with Crippen LogP contribution in [0.15, 0.2) is 28.2 Å². The average Bonchev–Trinajstić information content (AvgIpc) is 2.48. The van der Waals surface area contributed by atoms with E-state index in [1.165, 1.54) is 0 Å². The van der Waals surface area contributed by atoms with Gasteiger partial charge in [-0.3, -0.25) is 0 Å². The van der Waals surface area contributed by atoms with Gasteiger partial charge < -0.3 is 14.4 Å². The predicted octanol–water partition coefficient (Wildman–Crippen LogP) is 2.75. The van der Waals surface area contributed by atoms with E-state index in [1.54, 1.807) is 7.11 Å². The molecule has 108 valence electrons. The summed E-state index contributed by atoms with van der Waals surface area (Å²) in [6, 6.07) is 8.81. The molecule has 5 nitrogen and oxygen atoms in total. The zero-order valence-corrected chi connectivity index (χ0v) is 12.3. The molecule has 0 unspecified atom stereocenters. The number of aliphatic imine (C=N–C) groups is 2. The Hall–Kier alpha value is -1.84. The Morgan fingerprint density at radius 2 is 2.05 bits per heavy atom. The summed E-state index contributed by atoms with van der Waals surface area (Å²) in [6.45, 7) is 7.19. The Bertz CT molecular complexity index is 502. The van der Waals surface area contributed by atoms with E-state index in [1.807, 2.05) is 32.0 Å². The van der Waals surface area contributed by atoms with Crippen molar-refractivity contribution in [2.24, 2.45) is 9.98 Å². The van der Waals surface area contributed by atoms with Gasteiger partial charge >= 0.3 is 0 Å². The Labute approximate surface area is 119 Å². The normalized spacial score (nSPS) is 14.9. The largest absolute Gasteiger partial charge is 0.497 e. The van der Waals surface area contributed by atoms with E-state index in [2.05, 4.69) is 20.9 Å². The van der Waals surface area contributed by atoms with Gasteiger partial charge in [0.15, 0.2) is 0 Å². The molecule has 1 aliphatic rings. The maximum atomic E-state index is 5.39. The zero-order valence-electron chi connectivity index (χ0n) is 12.3. The number of rotatable bonds is 4. The molecule has 0 bridgehead atoms. The summed E-state index contributed by atoms with van der Waals surface area (Å²) < 4.78 is 10.7. The lowest BCUT2D eigenvalue weighted by molar-refractivity contribution is 0.122. The van der Waals surface area contributed by atoms with Gasteiger partial charge in [-0.1, -0.05) is 0 Å². The summed E-state index contributed by atoms with van der Waals surface area (Å²) in [5.74, 6) is 0.825. The topological polar surface area (TPSA) is 46.4 Å². The number of methoxy groups -OCH3 is 1. The fourth-order valence-corrected chi connectivity index (χ4v) is 1.98. The highest BCUT2D eigenvalue weighted by Crippen LogP contribution is 2.32. The monoisotopic (exact) mass is 275 g/mol. The number of benzene rings is 1. The number of anilines is 1. The molecule has 20 heavy (non-hydrogen) atoms. The molecule has 1 fully saturated rings. The van der Waals surface area contributed by atoms with Crippen molar-refractivity contribution in [3.05, 3.63) is 18.2 Å². The molecule has 0 spiro atoms. The maximum absolute atomic E-state index is 5.39. The van der Waals surface area contributed by atoms with Crippen molar-refractivity contribution >= 4 is 17.4 Å². The first-order valence-corrected chi connectivity index (χ1v) is 6.87. The van der Waals surface area contributed by atoms with Crippen LogP contribution in [0.3, 0.4) is 0 Å². The van der Waals surface area contributed by atoms with Gasteiger partial charge in [-0.05, 0) is 26.0 Å². The van der Waals surface area contributed by atoms with Crippen LogP contribution in [0.25, 0.3) is 0 Å². The van der Waals surface area contributed by atoms with Crippen molar-refractivity contribution in [3.8, 4) is 5.75 Å². The van der Waals surface area contributed by atoms with E-state index in [0.29, 0.717) is 0 Å². The summed E-state index contributed by atoms with van der Waals surface area (Å²) in [5, 5.41) is 0. The lowest BCUT2D eigenvalue weighted by atomic mass is 10.2. The van der Waals surface area contributed by atoms with Crippen molar-refractivity contribution in [1.29, 1.82) is 0 Å². The van der Waals surface area contributed by atoms with Crippen LogP contribution in [0.1, 0.15) is 13.8 Å². The fourth-order valence-electron chi connectivity index (χ4n) is 1.98. The summed E-state index contributed by atoms with van der Waals surface area (Å²) in [4.78, 5) is 10.8. The molecular formula is C15H21N3O2. The molecular weight excluding hydrogens is 254 g/mol. The molecule has 0 saturated carbocycles. The van der Waals surface area contributed by atoms with E-state index >= 15 is 0 Å². The lowest BCUT2D eigenvalue weighted by Gasteiger charge is -2.29. The second-order valence-electron chi connectivity index (χ2n) is 4.89. The number of hydrogen-bond acceptors (Lipinski definition) is 5. The van der Waals surface area contributed by atoms with E-state index in [-0.39, 0.29) is 6.04 Å². The number of hydrogen-bond donors (Lipinski definition) is 0. The minimum absolute atomic E-state index is 0.198. The minimum atomic E-state index is 0.198. The van der Waals surface area contributed by atoms with E-state index in [0.717, 1.165) is 43.4 Å². The number of nitrogens with zero attached hydrogens (tertiary/aromatic N) is 3. The molecule has 0 aliphatic carbocycles. The highest BCUT2D eigenvalue weighted by Gasteiger charge is 2.15. The first-order valence-electron chi connectivity index (χ1n) is 6.87. The van der Waals surface area contributed by atoms with Crippen molar-refractivity contribution in [2.75, 3.05) is 38.3 Å². The van der Waals surface area contributed by atoms with Gasteiger partial charge in [0, 0.05) is 19.2 Å². The van der Waals surface area contributed by atoms with Crippen LogP contribution in [-0.4, -0.2) is 45.5 Å². The van der Waals surface area contributed by atoms with Crippen molar-refractivity contribution in [3.63, 3.8) is 0 Å². The lowest BCUT2D eigenvalue weighted by Crippen LogP contribution is -2.36. The van der Waals surface area contributed by atoms with Gasteiger partial charge in [-0.15, -0.1) is 0 Å². The number of ether oxygens (including phenoxy) is 2. The van der Waals surface area contributed by atoms with Gasteiger partial charge in [-0.25, -0.2) is 4.99 Å². The molecule has 0 aromatic heterocycles. The Morgan fingerprint density at radius 3 is 2.70 bits per heavy atom. The SMILES string of the molecule is COc1ccc(N=C=NC(C)C)c(N2CCOCC2)c1. The molecule has 0 radical (unpaired) electrons.